The van der Waals surface area contributed by atoms with Gasteiger partial charge in [-0.1, -0.05) is 28.4 Å². The summed E-state index contributed by atoms with van der Waals surface area (Å²) in [6, 6.07) is 0. The molecule has 0 aromatic carbocycles. The van der Waals surface area contributed by atoms with E-state index < -0.39 is 0 Å². The lowest BCUT2D eigenvalue weighted by molar-refractivity contribution is 0.764. The summed E-state index contributed by atoms with van der Waals surface area (Å²) in [5.41, 5.74) is 6.18. The molecule has 0 N–H and O–H groups in total. The van der Waals surface area contributed by atoms with Crippen LogP contribution in [0.25, 0.3) is 0 Å². The molecule has 0 amide bonds. The molecule has 0 atom stereocenters. The molecule has 0 aromatic heterocycles. The van der Waals surface area contributed by atoms with Crippen molar-refractivity contribution in [2.75, 3.05) is 0 Å². The fourth-order valence-corrected chi connectivity index (χ4v) is 2.07. The van der Waals surface area contributed by atoms with Gasteiger partial charge in [-0.25, -0.2) is 0 Å². The first kappa shape index (κ1) is 12.3. The summed E-state index contributed by atoms with van der Waals surface area (Å²) in [6.07, 6.45) is 9.86. The summed E-state index contributed by atoms with van der Waals surface area (Å²) in [6.45, 7) is 10.6. The molecular formula is C15H24. The van der Waals surface area contributed by atoms with Crippen LogP contribution in [0.3, 0.4) is 0 Å². The van der Waals surface area contributed by atoms with Gasteiger partial charge in [-0.2, -0.15) is 0 Å². The maximum absolute atomic E-state index is 3.95. The molecule has 0 aromatic rings. The van der Waals surface area contributed by atoms with Crippen LogP contribution in [0, 0.1) is 0 Å². The molecular weight excluding hydrogens is 180 g/mol. The third-order valence-electron chi connectivity index (χ3n) is 3.28. The Morgan fingerprint density at radius 1 is 1.27 bits per heavy atom. The van der Waals surface area contributed by atoms with Crippen LogP contribution in [0.15, 0.2) is 34.9 Å². The van der Waals surface area contributed by atoms with Crippen LogP contribution < -0.4 is 0 Å². The van der Waals surface area contributed by atoms with Gasteiger partial charge in [0.1, 0.15) is 0 Å². The Balaban J connectivity index is 2.41. The Kier molecular flexibility index (Phi) is 4.87. The number of hydrogen-bond acceptors (Lipinski definition) is 0. The molecule has 1 aliphatic carbocycles. The summed E-state index contributed by atoms with van der Waals surface area (Å²) < 4.78 is 0. The van der Waals surface area contributed by atoms with Gasteiger partial charge in [0.15, 0.2) is 0 Å². The largest absolute Gasteiger partial charge is 0.100 e. The van der Waals surface area contributed by atoms with Crippen molar-refractivity contribution in [1.29, 1.82) is 0 Å². The van der Waals surface area contributed by atoms with E-state index in [1.165, 1.54) is 44.1 Å². The molecule has 0 saturated heterocycles. The highest BCUT2D eigenvalue weighted by Gasteiger charge is 2.07. The molecule has 84 valence electrons. The molecule has 0 unspecified atom stereocenters. The van der Waals surface area contributed by atoms with Crippen molar-refractivity contribution in [3.8, 4) is 0 Å². The topological polar surface area (TPSA) is 0 Å². The smallest absolute Gasteiger partial charge is 0.0134 e. The van der Waals surface area contributed by atoms with Crippen LogP contribution in [-0.2, 0) is 0 Å². The average molecular weight is 204 g/mol. The second-order valence-corrected chi connectivity index (χ2v) is 4.95. The van der Waals surface area contributed by atoms with E-state index in [1.807, 2.05) is 0 Å². The van der Waals surface area contributed by atoms with E-state index in [0.717, 1.165) is 0 Å². The Morgan fingerprint density at radius 3 is 2.53 bits per heavy atom. The van der Waals surface area contributed by atoms with E-state index in [4.69, 9.17) is 0 Å². The molecule has 0 fully saturated rings. The maximum atomic E-state index is 3.95. The van der Waals surface area contributed by atoms with Gasteiger partial charge in [0, 0.05) is 0 Å². The molecule has 0 bridgehead atoms. The predicted octanol–water partition coefficient (Wildman–Crippen LogP) is 5.18. The maximum Gasteiger partial charge on any atom is -0.0134 e. The summed E-state index contributed by atoms with van der Waals surface area (Å²) >= 11 is 0. The molecule has 1 aliphatic rings. The minimum Gasteiger partial charge on any atom is -0.100 e. The lowest BCUT2D eigenvalue weighted by atomic mass is 9.90. The quantitative estimate of drug-likeness (QED) is 0.553. The molecule has 0 radical (unpaired) electrons. The Bertz CT molecular complexity index is 289. The van der Waals surface area contributed by atoms with Gasteiger partial charge in [0.05, 0.1) is 0 Å². The minimum absolute atomic E-state index is 1.18. The Morgan fingerprint density at radius 2 is 2.00 bits per heavy atom. The summed E-state index contributed by atoms with van der Waals surface area (Å²) in [4.78, 5) is 0. The molecule has 1 rings (SSSR count). The van der Waals surface area contributed by atoms with Crippen molar-refractivity contribution in [3.05, 3.63) is 34.9 Å². The lowest BCUT2D eigenvalue weighted by Crippen LogP contribution is -1.96. The van der Waals surface area contributed by atoms with E-state index in [9.17, 15) is 0 Å². The molecule has 0 nitrogen and oxygen atoms in total. The van der Waals surface area contributed by atoms with Crippen molar-refractivity contribution >= 4 is 0 Å². The van der Waals surface area contributed by atoms with Crippen molar-refractivity contribution in [3.63, 3.8) is 0 Å². The Labute approximate surface area is 94.8 Å². The van der Waals surface area contributed by atoms with E-state index in [0.29, 0.717) is 0 Å². The summed E-state index contributed by atoms with van der Waals surface area (Å²) in [5.74, 6) is 0. The molecule has 15 heavy (non-hydrogen) atoms. The van der Waals surface area contributed by atoms with Gasteiger partial charge in [0.25, 0.3) is 0 Å². The van der Waals surface area contributed by atoms with Crippen molar-refractivity contribution < 1.29 is 0 Å². The van der Waals surface area contributed by atoms with Crippen molar-refractivity contribution in [2.24, 2.45) is 0 Å². The van der Waals surface area contributed by atoms with E-state index in [-0.39, 0.29) is 0 Å². The lowest BCUT2D eigenvalue weighted by Gasteiger charge is -2.16. The first-order valence-electron chi connectivity index (χ1n) is 6.07. The minimum atomic E-state index is 1.18. The zero-order valence-corrected chi connectivity index (χ0v) is 10.5. The first-order valence-corrected chi connectivity index (χ1v) is 6.07. The summed E-state index contributed by atoms with van der Waals surface area (Å²) in [7, 11) is 0. The van der Waals surface area contributed by atoms with Crippen molar-refractivity contribution in [1.82, 2.24) is 0 Å². The molecule has 0 heterocycles. The third-order valence-corrected chi connectivity index (χ3v) is 3.28. The van der Waals surface area contributed by atoms with Crippen LogP contribution >= 0.6 is 0 Å². The van der Waals surface area contributed by atoms with Gasteiger partial charge in [-0.3, -0.25) is 0 Å². The number of allylic oxidation sites excluding steroid dienone is 5. The predicted molar refractivity (Wildman–Crippen MR) is 69.0 cm³/mol. The van der Waals surface area contributed by atoms with E-state index in [1.54, 1.807) is 16.7 Å². The highest BCUT2D eigenvalue weighted by molar-refractivity contribution is 5.22. The first-order chi connectivity index (χ1) is 7.09. The summed E-state index contributed by atoms with van der Waals surface area (Å²) in [5, 5.41) is 0. The SMILES string of the molecule is C=C(C)CCC/C(C)=C1/CC=C(C)CC1. The highest BCUT2D eigenvalue weighted by atomic mass is 14.1. The Hall–Kier alpha value is -0.780. The second-order valence-electron chi connectivity index (χ2n) is 4.95. The van der Waals surface area contributed by atoms with Gasteiger partial charge in [0.2, 0.25) is 0 Å². The normalized spacial score (nSPS) is 19.8. The van der Waals surface area contributed by atoms with Crippen LogP contribution in [0.4, 0.5) is 0 Å². The van der Waals surface area contributed by atoms with Crippen molar-refractivity contribution in [2.45, 2.75) is 59.3 Å². The van der Waals surface area contributed by atoms with E-state index >= 15 is 0 Å². The number of hydrogen-bond donors (Lipinski definition) is 0. The van der Waals surface area contributed by atoms with Crippen LogP contribution in [0.2, 0.25) is 0 Å². The van der Waals surface area contributed by atoms with Gasteiger partial charge >= 0.3 is 0 Å². The second kappa shape index (κ2) is 5.95. The van der Waals surface area contributed by atoms with Gasteiger partial charge < -0.3 is 0 Å². The number of rotatable bonds is 4. The molecule has 0 saturated carbocycles. The zero-order valence-electron chi connectivity index (χ0n) is 10.5. The standard InChI is InChI=1S/C15H24/c1-12(2)6-5-7-14(4)15-10-8-13(3)9-11-15/h8H,1,5-7,9-11H2,2-4H3/b15-14-. The fourth-order valence-electron chi connectivity index (χ4n) is 2.07. The monoisotopic (exact) mass is 204 g/mol. The molecule has 0 heteroatoms. The van der Waals surface area contributed by atoms with Crippen LogP contribution in [0.5, 0.6) is 0 Å². The third kappa shape index (κ3) is 4.51. The van der Waals surface area contributed by atoms with Gasteiger partial charge in [-0.15, -0.1) is 6.58 Å². The zero-order chi connectivity index (χ0) is 11.3. The fraction of sp³-hybridized carbons (Fsp3) is 0.600. The highest BCUT2D eigenvalue weighted by Crippen LogP contribution is 2.27. The van der Waals surface area contributed by atoms with Crippen LogP contribution in [0.1, 0.15) is 59.3 Å². The molecule has 0 spiro atoms. The average Bonchev–Trinajstić information content (AvgIpc) is 2.18. The van der Waals surface area contributed by atoms with Crippen LogP contribution in [-0.4, -0.2) is 0 Å². The molecule has 0 aliphatic heterocycles. The van der Waals surface area contributed by atoms with Gasteiger partial charge in [-0.05, 0) is 59.3 Å². The van der Waals surface area contributed by atoms with E-state index in [2.05, 4.69) is 33.4 Å².